The molecule has 0 bridgehead atoms. The number of amides is 4. The van der Waals surface area contributed by atoms with Gasteiger partial charge in [0.25, 0.3) is 5.91 Å². The monoisotopic (exact) mass is 522 g/mol. The zero-order valence-electron chi connectivity index (χ0n) is 19.6. The molecule has 1 fully saturated rings. The summed E-state index contributed by atoms with van der Waals surface area (Å²) in [6, 6.07) is 11.2. The average Bonchev–Trinajstić information content (AvgIpc) is 3.50. The first-order chi connectivity index (χ1) is 17.9. The zero-order valence-corrected chi connectivity index (χ0v) is 20.4. The Bertz CT molecular complexity index is 1360. The zero-order chi connectivity index (χ0) is 25.9. The molecule has 2 aliphatic rings. The van der Waals surface area contributed by atoms with Gasteiger partial charge >= 0.3 is 12.0 Å². The molecular formula is C25H22N4O7S. The maximum Gasteiger partial charge on any atom is 0.357 e. The van der Waals surface area contributed by atoms with E-state index in [1.165, 1.54) is 12.5 Å². The van der Waals surface area contributed by atoms with Crippen LogP contribution in [0.3, 0.4) is 0 Å². The van der Waals surface area contributed by atoms with E-state index < -0.39 is 35.9 Å². The Morgan fingerprint density at radius 3 is 2.68 bits per heavy atom. The quantitative estimate of drug-likeness (QED) is 0.357. The van der Waals surface area contributed by atoms with Gasteiger partial charge in [-0.25, -0.2) is 19.5 Å². The number of fused-ring (bicyclic) bond motifs is 1. The van der Waals surface area contributed by atoms with Crippen molar-refractivity contribution in [3.8, 4) is 11.5 Å². The van der Waals surface area contributed by atoms with E-state index in [1.54, 1.807) is 42.5 Å². The summed E-state index contributed by atoms with van der Waals surface area (Å²) >= 11 is 1.03. The average molecular weight is 523 g/mol. The fraction of sp³-hybridized carbons (Fsp3) is 0.240. The van der Waals surface area contributed by atoms with Crippen LogP contribution in [-0.2, 0) is 20.7 Å². The first kappa shape index (κ1) is 24.3. The number of methoxy groups -OCH3 is 1. The Morgan fingerprint density at radius 1 is 1.16 bits per heavy atom. The van der Waals surface area contributed by atoms with Crippen molar-refractivity contribution in [1.29, 1.82) is 0 Å². The van der Waals surface area contributed by atoms with Gasteiger partial charge in [-0.1, -0.05) is 36.4 Å². The first-order valence-electron chi connectivity index (χ1n) is 11.4. The lowest BCUT2D eigenvalue weighted by Gasteiger charge is -2.24. The summed E-state index contributed by atoms with van der Waals surface area (Å²) < 4.78 is 15.8. The van der Waals surface area contributed by atoms with Crippen molar-refractivity contribution < 1.29 is 33.4 Å². The molecule has 0 radical (unpaired) electrons. The molecule has 1 saturated heterocycles. The fourth-order valence-corrected chi connectivity index (χ4v) is 4.79. The normalized spacial score (nSPS) is 17.2. The third-order valence-electron chi connectivity index (χ3n) is 5.89. The van der Waals surface area contributed by atoms with Crippen molar-refractivity contribution in [3.63, 3.8) is 0 Å². The maximum absolute atomic E-state index is 13.5. The number of urea groups is 1. The standard InChI is InChI=1S/C25H22N4O7S/c1-34-23(32)16-13-37-24(26-16)28-21(30)17(11-14-5-3-2-4-6-14)29-22(31)20(27-25(29)33)15-7-8-18-19(12-15)36-10-9-35-18/h2-8,12-13,17,20H,9-11H2,1H3,(H,27,33)(H,26,28,30). The van der Waals surface area contributed by atoms with Crippen LogP contribution in [0.15, 0.2) is 53.9 Å². The van der Waals surface area contributed by atoms with Crippen LogP contribution in [0.2, 0.25) is 0 Å². The van der Waals surface area contributed by atoms with Crippen LogP contribution in [0.1, 0.15) is 27.7 Å². The summed E-state index contributed by atoms with van der Waals surface area (Å²) in [6.07, 6.45) is 0.0783. The van der Waals surface area contributed by atoms with Crippen molar-refractivity contribution in [1.82, 2.24) is 15.2 Å². The molecule has 11 nitrogen and oxygen atoms in total. The number of imide groups is 1. The summed E-state index contributed by atoms with van der Waals surface area (Å²) in [4.78, 5) is 56.7. The number of benzene rings is 2. The molecule has 2 N–H and O–H groups in total. The van der Waals surface area contributed by atoms with Gasteiger partial charge in [-0.15, -0.1) is 11.3 Å². The minimum absolute atomic E-state index is 0.0380. The molecule has 2 atom stereocenters. The predicted octanol–water partition coefficient (Wildman–Crippen LogP) is 2.54. The van der Waals surface area contributed by atoms with E-state index >= 15 is 0 Å². The molecule has 1 aromatic heterocycles. The van der Waals surface area contributed by atoms with Crippen molar-refractivity contribution in [3.05, 3.63) is 70.7 Å². The number of thiazole rings is 1. The van der Waals surface area contributed by atoms with Crippen molar-refractivity contribution in [2.45, 2.75) is 18.5 Å². The van der Waals surface area contributed by atoms with Crippen molar-refractivity contribution >= 4 is 40.3 Å². The molecule has 4 amide bonds. The lowest BCUT2D eigenvalue weighted by molar-refractivity contribution is -0.134. The van der Waals surface area contributed by atoms with E-state index in [0.717, 1.165) is 21.8 Å². The summed E-state index contributed by atoms with van der Waals surface area (Å²) in [5, 5.41) is 6.88. The third kappa shape index (κ3) is 4.96. The van der Waals surface area contributed by atoms with E-state index in [1.807, 2.05) is 6.07 Å². The van der Waals surface area contributed by atoms with E-state index in [4.69, 9.17) is 9.47 Å². The smallest absolute Gasteiger partial charge is 0.357 e. The number of anilines is 1. The van der Waals surface area contributed by atoms with Crippen LogP contribution >= 0.6 is 11.3 Å². The minimum Gasteiger partial charge on any atom is -0.486 e. The summed E-state index contributed by atoms with van der Waals surface area (Å²) in [7, 11) is 1.23. The van der Waals surface area contributed by atoms with E-state index in [2.05, 4.69) is 20.4 Å². The minimum atomic E-state index is -1.18. The first-order valence-corrected chi connectivity index (χ1v) is 12.2. The molecular weight excluding hydrogens is 500 g/mol. The van der Waals surface area contributed by atoms with Gasteiger partial charge in [0.2, 0.25) is 5.91 Å². The second kappa shape index (κ2) is 10.3. The lowest BCUT2D eigenvalue weighted by atomic mass is 10.0. The highest BCUT2D eigenvalue weighted by Crippen LogP contribution is 2.35. The molecule has 2 unspecified atom stereocenters. The molecule has 0 spiro atoms. The van der Waals surface area contributed by atoms with Gasteiger partial charge < -0.3 is 24.8 Å². The molecule has 3 aromatic rings. The van der Waals surface area contributed by atoms with Gasteiger partial charge in [0.15, 0.2) is 22.3 Å². The Hall–Kier alpha value is -4.45. The molecule has 12 heteroatoms. The Kier molecular flexibility index (Phi) is 6.73. The molecule has 5 rings (SSSR count). The molecule has 2 aliphatic heterocycles. The predicted molar refractivity (Wildman–Crippen MR) is 132 cm³/mol. The number of hydrogen-bond donors (Lipinski definition) is 2. The van der Waals surface area contributed by atoms with Crippen molar-refractivity contribution in [2.75, 3.05) is 25.6 Å². The summed E-state index contributed by atoms with van der Waals surface area (Å²) in [5.41, 5.74) is 1.29. The number of carbonyl (C=O) groups is 4. The van der Waals surface area contributed by atoms with Crippen LogP contribution in [0.5, 0.6) is 11.5 Å². The fourth-order valence-electron chi connectivity index (χ4n) is 4.11. The Balaban J connectivity index is 1.41. The summed E-state index contributed by atoms with van der Waals surface area (Å²) in [6.45, 7) is 0.803. The number of ether oxygens (including phenoxy) is 3. The number of rotatable bonds is 7. The molecule has 3 heterocycles. The van der Waals surface area contributed by atoms with E-state index in [0.29, 0.717) is 30.3 Å². The van der Waals surface area contributed by atoms with Crippen LogP contribution < -0.4 is 20.1 Å². The topological polar surface area (TPSA) is 136 Å². The molecule has 37 heavy (non-hydrogen) atoms. The number of aromatic nitrogens is 1. The van der Waals surface area contributed by atoms with Gasteiger partial charge in [-0.2, -0.15) is 0 Å². The third-order valence-corrected chi connectivity index (χ3v) is 6.64. The summed E-state index contributed by atoms with van der Waals surface area (Å²) in [5.74, 6) is -0.810. The van der Waals surface area contributed by atoms with Crippen LogP contribution in [0, 0.1) is 0 Å². The van der Waals surface area contributed by atoms with Crippen LogP contribution in [0.25, 0.3) is 0 Å². The molecule has 0 saturated carbocycles. The van der Waals surface area contributed by atoms with Crippen LogP contribution in [-0.4, -0.2) is 60.1 Å². The van der Waals surface area contributed by atoms with Gasteiger partial charge in [0.1, 0.15) is 25.3 Å². The second-order valence-corrected chi connectivity index (χ2v) is 9.08. The van der Waals surface area contributed by atoms with Crippen LogP contribution in [0.4, 0.5) is 9.93 Å². The Labute approximate surface area is 215 Å². The maximum atomic E-state index is 13.5. The SMILES string of the molecule is COC(=O)c1csc(NC(=O)C(Cc2ccccc2)N2C(=O)NC(c3ccc4c(c3)OCCO4)C2=O)n1. The number of carbonyl (C=O) groups excluding carboxylic acids is 4. The second-order valence-electron chi connectivity index (χ2n) is 8.22. The number of hydrogen-bond acceptors (Lipinski definition) is 9. The molecule has 0 aliphatic carbocycles. The highest BCUT2D eigenvalue weighted by molar-refractivity contribution is 7.14. The van der Waals surface area contributed by atoms with Gasteiger partial charge in [-0.05, 0) is 23.3 Å². The van der Waals surface area contributed by atoms with E-state index in [-0.39, 0.29) is 17.2 Å². The van der Waals surface area contributed by atoms with Gasteiger partial charge in [-0.3, -0.25) is 9.59 Å². The molecule has 190 valence electrons. The van der Waals surface area contributed by atoms with Gasteiger partial charge in [0.05, 0.1) is 7.11 Å². The number of nitrogens with one attached hydrogen (secondary N) is 2. The van der Waals surface area contributed by atoms with Crippen molar-refractivity contribution in [2.24, 2.45) is 0 Å². The highest BCUT2D eigenvalue weighted by atomic mass is 32.1. The van der Waals surface area contributed by atoms with E-state index in [9.17, 15) is 19.2 Å². The lowest BCUT2D eigenvalue weighted by Crippen LogP contribution is -2.49. The van der Waals surface area contributed by atoms with Gasteiger partial charge in [0, 0.05) is 11.8 Å². The number of nitrogens with zero attached hydrogens (tertiary/aromatic N) is 2. The number of esters is 1. The largest absolute Gasteiger partial charge is 0.486 e. The Morgan fingerprint density at radius 2 is 1.92 bits per heavy atom. The molecule has 2 aromatic carbocycles. The highest BCUT2D eigenvalue weighted by Gasteiger charge is 2.45.